The van der Waals surface area contributed by atoms with Crippen molar-refractivity contribution in [1.82, 2.24) is 4.90 Å². The molecule has 0 aromatic heterocycles. The first kappa shape index (κ1) is 9.69. The van der Waals surface area contributed by atoms with Crippen LogP contribution < -0.4 is 0 Å². The first-order valence-corrected chi connectivity index (χ1v) is 5.16. The van der Waals surface area contributed by atoms with Crippen molar-refractivity contribution in [2.75, 3.05) is 20.2 Å². The van der Waals surface area contributed by atoms with Gasteiger partial charge in [-0.05, 0) is 19.5 Å². The van der Waals surface area contributed by atoms with E-state index in [9.17, 15) is 0 Å². The van der Waals surface area contributed by atoms with Crippen LogP contribution in [-0.2, 0) is 4.74 Å². The molecule has 1 aromatic rings. The first-order chi connectivity index (χ1) is 6.79. The van der Waals surface area contributed by atoms with E-state index in [1.165, 1.54) is 5.56 Å². The molecule has 1 fully saturated rings. The van der Waals surface area contributed by atoms with Crippen LogP contribution in [0.1, 0.15) is 18.5 Å². The fraction of sp³-hybridized carbons (Fsp3) is 0.500. The standard InChI is InChI=1S/C12H17NO/c1-10-12(13(2)8-9-14-10)11-6-4-3-5-7-11/h3-7,10,12H,8-9H2,1-2H3/t10-,12+/m0/s1. The number of hydrogen-bond donors (Lipinski definition) is 0. The van der Waals surface area contributed by atoms with Crippen LogP contribution >= 0.6 is 0 Å². The molecule has 1 aliphatic heterocycles. The molecule has 1 heterocycles. The monoisotopic (exact) mass is 191 g/mol. The Morgan fingerprint density at radius 1 is 1.29 bits per heavy atom. The fourth-order valence-corrected chi connectivity index (χ4v) is 2.15. The van der Waals surface area contributed by atoms with Crippen LogP contribution in [-0.4, -0.2) is 31.2 Å². The molecular formula is C12H17NO. The van der Waals surface area contributed by atoms with E-state index in [-0.39, 0.29) is 6.10 Å². The molecule has 2 atom stereocenters. The Balaban J connectivity index is 2.23. The molecule has 0 N–H and O–H groups in total. The van der Waals surface area contributed by atoms with E-state index in [1.807, 2.05) is 0 Å². The lowest BCUT2D eigenvalue weighted by atomic mass is 10.00. The summed E-state index contributed by atoms with van der Waals surface area (Å²) in [4.78, 5) is 2.36. The molecule has 1 saturated heterocycles. The Morgan fingerprint density at radius 3 is 2.64 bits per heavy atom. The van der Waals surface area contributed by atoms with E-state index in [4.69, 9.17) is 4.74 Å². The topological polar surface area (TPSA) is 12.5 Å². The number of morpholine rings is 1. The lowest BCUT2D eigenvalue weighted by Gasteiger charge is -2.37. The molecule has 2 rings (SSSR count). The van der Waals surface area contributed by atoms with Crippen molar-refractivity contribution in [3.05, 3.63) is 35.9 Å². The highest BCUT2D eigenvalue weighted by Crippen LogP contribution is 2.27. The number of ether oxygens (including phenoxy) is 1. The first-order valence-electron chi connectivity index (χ1n) is 5.16. The third-order valence-electron chi connectivity index (χ3n) is 2.89. The normalized spacial score (nSPS) is 29.0. The van der Waals surface area contributed by atoms with E-state index < -0.39 is 0 Å². The average Bonchev–Trinajstić information content (AvgIpc) is 2.19. The van der Waals surface area contributed by atoms with Gasteiger partial charge in [-0.25, -0.2) is 0 Å². The van der Waals surface area contributed by atoms with E-state index >= 15 is 0 Å². The Morgan fingerprint density at radius 2 is 2.00 bits per heavy atom. The molecule has 0 unspecified atom stereocenters. The summed E-state index contributed by atoms with van der Waals surface area (Å²) in [7, 11) is 2.16. The minimum Gasteiger partial charge on any atom is -0.375 e. The second-order valence-electron chi connectivity index (χ2n) is 3.91. The van der Waals surface area contributed by atoms with Crippen LogP contribution in [0.5, 0.6) is 0 Å². The number of likely N-dealkylation sites (N-methyl/N-ethyl adjacent to an activating group) is 1. The van der Waals surface area contributed by atoms with E-state index in [0.29, 0.717) is 6.04 Å². The van der Waals surface area contributed by atoms with Gasteiger partial charge in [-0.2, -0.15) is 0 Å². The summed E-state index contributed by atoms with van der Waals surface area (Å²) in [6.07, 6.45) is 0.288. The summed E-state index contributed by atoms with van der Waals surface area (Å²) in [5, 5.41) is 0. The van der Waals surface area contributed by atoms with Crippen molar-refractivity contribution in [2.24, 2.45) is 0 Å². The zero-order chi connectivity index (χ0) is 9.97. The van der Waals surface area contributed by atoms with Crippen LogP contribution in [0.15, 0.2) is 30.3 Å². The van der Waals surface area contributed by atoms with Gasteiger partial charge >= 0.3 is 0 Å². The smallest absolute Gasteiger partial charge is 0.0744 e. The van der Waals surface area contributed by atoms with Crippen molar-refractivity contribution in [2.45, 2.75) is 19.1 Å². The molecule has 1 aromatic carbocycles. The molecule has 2 heteroatoms. The third kappa shape index (κ3) is 1.81. The summed E-state index contributed by atoms with van der Waals surface area (Å²) in [5.74, 6) is 0. The van der Waals surface area contributed by atoms with Crippen LogP contribution in [0.3, 0.4) is 0 Å². The molecule has 14 heavy (non-hydrogen) atoms. The Hall–Kier alpha value is -0.860. The Kier molecular flexibility index (Phi) is 2.85. The predicted octanol–water partition coefficient (Wildman–Crippen LogP) is 2.08. The summed E-state index contributed by atoms with van der Waals surface area (Å²) >= 11 is 0. The van der Waals surface area contributed by atoms with Crippen molar-refractivity contribution in [3.63, 3.8) is 0 Å². The summed E-state index contributed by atoms with van der Waals surface area (Å²) in [6, 6.07) is 11.0. The van der Waals surface area contributed by atoms with Crippen LogP contribution in [0.2, 0.25) is 0 Å². The summed E-state index contributed by atoms with van der Waals surface area (Å²) in [5.41, 5.74) is 1.35. The van der Waals surface area contributed by atoms with Crippen LogP contribution in [0.4, 0.5) is 0 Å². The van der Waals surface area contributed by atoms with E-state index in [0.717, 1.165) is 13.2 Å². The molecule has 0 radical (unpaired) electrons. The minimum atomic E-state index is 0.288. The number of hydrogen-bond acceptors (Lipinski definition) is 2. The molecule has 0 bridgehead atoms. The van der Waals surface area contributed by atoms with Gasteiger partial charge in [0.25, 0.3) is 0 Å². The molecule has 76 valence electrons. The molecule has 0 aliphatic carbocycles. The number of nitrogens with zero attached hydrogens (tertiary/aromatic N) is 1. The maximum absolute atomic E-state index is 5.67. The average molecular weight is 191 g/mol. The molecule has 0 spiro atoms. The zero-order valence-electron chi connectivity index (χ0n) is 8.81. The molecular weight excluding hydrogens is 174 g/mol. The SMILES string of the molecule is C[C@@H]1OCCN(C)[C@H]1c1ccccc1. The number of rotatable bonds is 1. The van der Waals surface area contributed by atoms with Gasteiger partial charge in [0.2, 0.25) is 0 Å². The molecule has 0 saturated carbocycles. The summed E-state index contributed by atoms with van der Waals surface area (Å²) in [6.45, 7) is 4.01. The zero-order valence-corrected chi connectivity index (χ0v) is 8.81. The molecule has 1 aliphatic rings. The third-order valence-corrected chi connectivity index (χ3v) is 2.89. The van der Waals surface area contributed by atoms with E-state index in [1.54, 1.807) is 0 Å². The van der Waals surface area contributed by atoms with Crippen molar-refractivity contribution < 1.29 is 4.74 Å². The Labute approximate surface area is 85.5 Å². The van der Waals surface area contributed by atoms with Crippen molar-refractivity contribution >= 4 is 0 Å². The lowest BCUT2D eigenvalue weighted by Crippen LogP contribution is -2.41. The van der Waals surface area contributed by atoms with E-state index in [2.05, 4.69) is 49.2 Å². The maximum atomic E-state index is 5.67. The highest BCUT2D eigenvalue weighted by molar-refractivity contribution is 5.20. The van der Waals surface area contributed by atoms with Gasteiger partial charge in [0.15, 0.2) is 0 Å². The Bertz CT molecular complexity index is 276. The van der Waals surface area contributed by atoms with Crippen LogP contribution in [0.25, 0.3) is 0 Å². The van der Waals surface area contributed by atoms with Crippen LogP contribution in [0, 0.1) is 0 Å². The van der Waals surface area contributed by atoms with Gasteiger partial charge in [0, 0.05) is 6.54 Å². The molecule has 0 amide bonds. The predicted molar refractivity (Wildman–Crippen MR) is 57.2 cm³/mol. The lowest BCUT2D eigenvalue weighted by molar-refractivity contribution is -0.0528. The van der Waals surface area contributed by atoms with Gasteiger partial charge in [-0.3, -0.25) is 4.90 Å². The maximum Gasteiger partial charge on any atom is 0.0744 e. The fourth-order valence-electron chi connectivity index (χ4n) is 2.15. The highest BCUT2D eigenvalue weighted by atomic mass is 16.5. The quantitative estimate of drug-likeness (QED) is 0.674. The van der Waals surface area contributed by atoms with Gasteiger partial charge < -0.3 is 4.74 Å². The number of benzene rings is 1. The molecule has 2 nitrogen and oxygen atoms in total. The highest BCUT2D eigenvalue weighted by Gasteiger charge is 2.27. The van der Waals surface area contributed by atoms with Gasteiger partial charge in [0.05, 0.1) is 18.8 Å². The minimum absolute atomic E-state index is 0.288. The summed E-state index contributed by atoms with van der Waals surface area (Å²) < 4.78 is 5.67. The largest absolute Gasteiger partial charge is 0.375 e. The van der Waals surface area contributed by atoms with Crippen molar-refractivity contribution in [1.29, 1.82) is 0 Å². The van der Waals surface area contributed by atoms with Gasteiger partial charge in [-0.1, -0.05) is 30.3 Å². The van der Waals surface area contributed by atoms with Gasteiger partial charge in [0.1, 0.15) is 0 Å². The second-order valence-corrected chi connectivity index (χ2v) is 3.91. The second kappa shape index (κ2) is 4.11. The van der Waals surface area contributed by atoms with Gasteiger partial charge in [-0.15, -0.1) is 0 Å². The van der Waals surface area contributed by atoms with Crippen molar-refractivity contribution in [3.8, 4) is 0 Å².